The number of hydrogen-bond acceptors (Lipinski definition) is 5. The lowest BCUT2D eigenvalue weighted by Crippen LogP contribution is -2.53. The topological polar surface area (TPSA) is 105 Å². The number of amides is 2. The van der Waals surface area contributed by atoms with Crippen LogP contribution in [0.3, 0.4) is 0 Å². The van der Waals surface area contributed by atoms with Crippen LogP contribution < -0.4 is 11.1 Å². The van der Waals surface area contributed by atoms with E-state index in [1.165, 1.54) is 11.9 Å². The van der Waals surface area contributed by atoms with E-state index in [2.05, 4.69) is 5.32 Å². The second-order valence-corrected chi connectivity index (χ2v) is 5.16. The van der Waals surface area contributed by atoms with Crippen molar-refractivity contribution in [2.75, 3.05) is 27.3 Å². The van der Waals surface area contributed by atoms with Crippen LogP contribution in [0.2, 0.25) is 0 Å². The van der Waals surface area contributed by atoms with Crippen molar-refractivity contribution in [1.29, 1.82) is 0 Å². The van der Waals surface area contributed by atoms with E-state index in [1.807, 2.05) is 6.92 Å². The largest absolute Gasteiger partial charge is 0.383 e. The first-order valence-corrected chi connectivity index (χ1v) is 7.33. The van der Waals surface area contributed by atoms with E-state index in [4.69, 9.17) is 10.5 Å². The summed E-state index contributed by atoms with van der Waals surface area (Å²) in [7, 11) is 3.03. The number of carbonyl (C=O) groups excluding carboxylic acids is 2. The molecule has 7 heteroatoms. The Kier molecular flexibility index (Phi) is 9.94. The summed E-state index contributed by atoms with van der Waals surface area (Å²) < 4.78 is 4.84. The van der Waals surface area contributed by atoms with Gasteiger partial charge in [0.05, 0.1) is 6.61 Å². The molecule has 0 bridgehead atoms. The van der Waals surface area contributed by atoms with E-state index in [-0.39, 0.29) is 5.91 Å². The van der Waals surface area contributed by atoms with E-state index < -0.39 is 24.1 Å². The van der Waals surface area contributed by atoms with Gasteiger partial charge in [-0.1, -0.05) is 19.8 Å². The molecule has 0 saturated carbocycles. The SMILES string of the molecule is CCCCC(N)C(O)C(=O)N(C)[C@@H](C)C(=O)NCCOC. The molecular formula is C14H29N3O4. The molecule has 0 aliphatic rings. The zero-order valence-electron chi connectivity index (χ0n) is 13.5. The number of methoxy groups -OCH3 is 1. The fraction of sp³-hybridized carbons (Fsp3) is 0.857. The lowest BCUT2D eigenvalue weighted by molar-refractivity contribution is -0.146. The number of nitrogens with two attached hydrogens (primary N) is 1. The average molecular weight is 303 g/mol. The molecule has 0 spiro atoms. The number of ether oxygens (including phenoxy) is 1. The average Bonchev–Trinajstić information content (AvgIpc) is 2.49. The number of aliphatic hydroxyl groups is 1. The number of unbranched alkanes of at least 4 members (excludes halogenated alkanes) is 1. The molecule has 0 saturated heterocycles. The molecule has 0 aromatic heterocycles. The summed E-state index contributed by atoms with van der Waals surface area (Å²) in [4.78, 5) is 25.2. The minimum Gasteiger partial charge on any atom is -0.383 e. The zero-order chi connectivity index (χ0) is 16.4. The third-order valence-corrected chi connectivity index (χ3v) is 3.46. The third-order valence-electron chi connectivity index (χ3n) is 3.46. The molecule has 0 aromatic carbocycles. The van der Waals surface area contributed by atoms with Gasteiger partial charge >= 0.3 is 0 Å². The summed E-state index contributed by atoms with van der Waals surface area (Å²) in [6.07, 6.45) is 1.09. The van der Waals surface area contributed by atoms with Gasteiger partial charge in [-0.05, 0) is 13.3 Å². The minimum absolute atomic E-state index is 0.294. The molecule has 124 valence electrons. The first kappa shape index (κ1) is 19.8. The number of aliphatic hydroxyl groups excluding tert-OH is 1. The van der Waals surface area contributed by atoms with Gasteiger partial charge in [-0.3, -0.25) is 9.59 Å². The number of nitrogens with one attached hydrogen (secondary N) is 1. The molecule has 0 fully saturated rings. The van der Waals surface area contributed by atoms with Crippen molar-refractivity contribution in [3.05, 3.63) is 0 Å². The second kappa shape index (κ2) is 10.5. The van der Waals surface area contributed by atoms with E-state index in [9.17, 15) is 14.7 Å². The molecular weight excluding hydrogens is 274 g/mol. The van der Waals surface area contributed by atoms with Gasteiger partial charge in [0.15, 0.2) is 0 Å². The van der Waals surface area contributed by atoms with Gasteiger partial charge in [0, 0.05) is 26.7 Å². The summed E-state index contributed by atoms with van der Waals surface area (Å²) in [5.74, 6) is -0.828. The Bertz CT molecular complexity index is 325. The van der Waals surface area contributed by atoms with Gasteiger partial charge in [-0.25, -0.2) is 0 Å². The molecule has 0 radical (unpaired) electrons. The Labute approximate surface area is 126 Å². The van der Waals surface area contributed by atoms with Crippen LogP contribution in [0, 0.1) is 0 Å². The molecule has 2 unspecified atom stereocenters. The fourth-order valence-corrected chi connectivity index (χ4v) is 1.78. The van der Waals surface area contributed by atoms with Crippen molar-refractivity contribution in [3.63, 3.8) is 0 Å². The predicted molar refractivity (Wildman–Crippen MR) is 80.6 cm³/mol. The summed E-state index contributed by atoms with van der Waals surface area (Å²) in [5, 5.41) is 12.6. The van der Waals surface area contributed by atoms with Crippen molar-refractivity contribution < 1.29 is 19.4 Å². The summed E-state index contributed by atoms with van der Waals surface area (Å²) >= 11 is 0. The van der Waals surface area contributed by atoms with E-state index in [0.29, 0.717) is 19.6 Å². The van der Waals surface area contributed by atoms with E-state index in [1.54, 1.807) is 14.0 Å². The molecule has 0 aliphatic heterocycles. The lowest BCUT2D eigenvalue weighted by atomic mass is 10.0. The van der Waals surface area contributed by atoms with Crippen molar-refractivity contribution >= 4 is 11.8 Å². The molecule has 0 rings (SSSR count). The number of carbonyl (C=O) groups is 2. The first-order chi connectivity index (χ1) is 9.86. The minimum atomic E-state index is -1.28. The van der Waals surface area contributed by atoms with Crippen LogP contribution >= 0.6 is 0 Å². The molecule has 2 amide bonds. The van der Waals surface area contributed by atoms with Gasteiger partial charge in [0.25, 0.3) is 5.91 Å². The maximum Gasteiger partial charge on any atom is 0.253 e. The van der Waals surface area contributed by atoms with Crippen LogP contribution in [-0.4, -0.2) is 67.3 Å². The fourth-order valence-electron chi connectivity index (χ4n) is 1.78. The van der Waals surface area contributed by atoms with Crippen LogP contribution in [0.15, 0.2) is 0 Å². The molecule has 0 aromatic rings. The lowest BCUT2D eigenvalue weighted by Gasteiger charge is -2.28. The van der Waals surface area contributed by atoms with E-state index >= 15 is 0 Å². The van der Waals surface area contributed by atoms with Crippen LogP contribution in [0.5, 0.6) is 0 Å². The van der Waals surface area contributed by atoms with Crippen LogP contribution in [0.25, 0.3) is 0 Å². The van der Waals surface area contributed by atoms with Crippen LogP contribution in [0.1, 0.15) is 33.1 Å². The van der Waals surface area contributed by atoms with Crippen LogP contribution in [-0.2, 0) is 14.3 Å². The third kappa shape index (κ3) is 6.88. The normalized spacial score (nSPS) is 15.1. The molecule has 7 nitrogen and oxygen atoms in total. The summed E-state index contributed by atoms with van der Waals surface area (Å²) in [6, 6.07) is -1.29. The Hall–Kier alpha value is -1.18. The van der Waals surface area contributed by atoms with Gasteiger partial charge in [-0.2, -0.15) is 0 Å². The second-order valence-electron chi connectivity index (χ2n) is 5.16. The highest BCUT2D eigenvalue weighted by Crippen LogP contribution is 2.07. The maximum atomic E-state index is 12.1. The smallest absolute Gasteiger partial charge is 0.253 e. The van der Waals surface area contributed by atoms with Gasteiger partial charge < -0.3 is 25.8 Å². The quantitative estimate of drug-likeness (QED) is 0.471. The number of rotatable bonds is 10. The Morgan fingerprint density at radius 2 is 2.05 bits per heavy atom. The number of hydrogen-bond donors (Lipinski definition) is 3. The van der Waals surface area contributed by atoms with Crippen LogP contribution in [0.4, 0.5) is 0 Å². The monoisotopic (exact) mass is 303 g/mol. The number of nitrogens with zero attached hydrogens (tertiary/aromatic N) is 1. The standard InChI is InChI=1S/C14H29N3O4/c1-5-6-7-11(15)12(18)14(20)17(3)10(2)13(19)16-8-9-21-4/h10-12,18H,5-9,15H2,1-4H3,(H,16,19)/t10-,11?,12?/m0/s1. The highest BCUT2D eigenvalue weighted by molar-refractivity contribution is 5.89. The maximum absolute atomic E-state index is 12.1. The molecule has 3 atom stereocenters. The summed E-state index contributed by atoms with van der Waals surface area (Å²) in [5.41, 5.74) is 5.80. The summed E-state index contributed by atoms with van der Waals surface area (Å²) in [6.45, 7) is 4.39. The predicted octanol–water partition coefficient (Wildman–Crippen LogP) is -0.526. The molecule has 21 heavy (non-hydrogen) atoms. The Morgan fingerprint density at radius 1 is 1.43 bits per heavy atom. The number of likely N-dealkylation sites (N-methyl/N-ethyl adjacent to an activating group) is 1. The van der Waals surface area contributed by atoms with Gasteiger partial charge in [0.1, 0.15) is 12.1 Å². The first-order valence-electron chi connectivity index (χ1n) is 7.33. The molecule has 0 heterocycles. The molecule has 0 aliphatic carbocycles. The molecule has 4 N–H and O–H groups in total. The van der Waals surface area contributed by atoms with Gasteiger partial charge in [-0.15, -0.1) is 0 Å². The Morgan fingerprint density at radius 3 is 2.57 bits per heavy atom. The van der Waals surface area contributed by atoms with Crippen molar-refractivity contribution in [2.45, 2.75) is 51.3 Å². The highest BCUT2D eigenvalue weighted by Gasteiger charge is 2.30. The van der Waals surface area contributed by atoms with Gasteiger partial charge in [0.2, 0.25) is 5.91 Å². The highest BCUT2D eigenvalue weighted by atomic mass is 16.5. The zero-order valence-corrected chi connectivity index (χ0v) is 13.5. The van der Waals surface area contributed by atoms with Crippen molar-refractivity contribution in [2.24, 2.45) is 5.73 Å². The van der Waals surface area contributed by atoms with Crippen molar-refractivity contribution in [3.8, 4) is 0 Å². The Balaban J connectivity index is 4.43. The van der Waals surface area contributed by atoms with Crippen molar-refractivity contribution in [1.82, 2.24) is 10.2 Å². The van der Waals surface area contributed by atoms with E-state index in [0.717, 1.165) is 12.8 Å².